The van der Waals surface area contributed by atoms with E-state index in [1.54, 1.807) is 12.1 Å². The number of nitrogens with two attached hydrogens (primary N) is 1. The Hall–Kier alpha value is -2.33. The first kappa shape index (κ1) is 15.6. The van der Waals surface area contributed by atoms with Crippen LogP contribution in [0.3, 0.4) is 0 Å². The normalized spacial score (nSPS) is 10.7. The van der Waals surface area contributed by atoms with E-state index in [1.165, 1.54) is 35.2 Å². The third kappa shape index (κ3) is 4.33. The lowest BCUT2D eigenvalue weighted by Crippen LogP contribution is -2.06. The molecule has 3 N–H and O–H groups in total. The van der Waals surface area contributed by atoms with Crippen molar-refractivity contribution in [1.29, 1.82) is 0 Å². The Morgan fingerprint density at radius 3 is 2.65 bits per heavy atom. The van der Waals surface area contributed by atoms with Gasteiger partial charge in [0, 0.05) is 5.69 Å². The smallest absolute Gasteiger partial charge is 0.232 e. The average molecular weight is 349 g/mol. The Morgan fingerprint density at radius 1 is 1.17 bits per heavy atom. The van der Waals surface area contributed by atoms with Gasteiger partial charge in [0.05, 0.1) is 5.75 Å². The molecule has 0 unspecified atom stereocenters. The number of benzene rings is 1. The first-order valence-corrected chi connectivity index (χ1v) is 8.34. The largest absolute Gasteiger partial charge is 0.368 e. The molecule has 0 aliphatic rings. The molecule has 0 atom stereocenters. The fraction of sp³-hybridized carbons (Fsp3) is 0.154. The Labute approximate surface area is 139 Å². The summed E-state index contributed by atoms with van der Waals surface area (Å²) in [6, 6.07) is 5.88. The summed E-state index contributed by atoms with van der Waals surface area (Å²) in [6.45, 7) is 1.90. The number of nitrogens with one attached hydrogen (secondary N) is 1. The number of hydrogen-bond acceptors (Lipinski definition) is 9. The Kier molecular flexibility index (Phi) is 4.63. The number of thioether (sulfide) groups is 1. The summed E-state index contributed by atoms with van der Waals surface area (Å²) in [7, 11) is 0. The summed E-state index contributed by atoms with van der Waals surface area (Å²) in [4.78, 5) is 12.4. The zero-order valence-electron chi connectivity index (χ0n) is 12.0. The van der Waals surface area contributed by atoms with Crippen molar-refractivity contribution in [2.75, 3.05) is 11.1 Å². The van der Waals surface area contributed by atoms with E-state index in [9.17, 15) is 4.39 Å². The summed E-state index contributed by atoms with van der Waals surface area (Å²) >= 11 is 2.99. The van der Waals surface area contributed by atoms with Gasteiger partial charge in [-0.15, -0.1) is 10.2 Å². The van der Waals surface area contributed by atoms with Crippen LogP contribution in [0, 0.1) is 12.7 Å². The quantitative estimate of drug-likeness (QED) is 0.678. The molecule has 0 fully saturated rings. The highest BCUT2D eigenvalue weighted by Crippen LogP contribution is 2.25. The molecule has 1 aromatic carbocycles. The van der Waals surface area contributed by atoms with Gasteiger partial charge >= 0.3 is 0 Å². The lowest BCUT2D eigenvalue weighted by Gasteiger charge is -2.06. The lowest BCUT2D eigenvalue weighted by molar-refractivity contribution is 0.628. The first-order chi connectivity index (χ1) is 11.1. The van der Waals surface area contributed by atoms with E-state index in [2.05, 4.69) is 30.5 Å². The monoisotopic (exact) mass is 349 g/mol. The topological polar surface area (TPSA) is 102 Å². The van der Waals surface area contributed by atoms with Gasteiger partial charge in [0.25, 0.3) is 0 Å². The number of halogens is 1. The van der Waals surface area contributed by atoms with Crippen LogP contribution in [0.5, 0.6) is 0 Å². The molecule has 2 aromatic heterocycles. The lowest BCUT2D eigenvalue weighted by atomic mass is 10.3. The number of nitrogen functional groups attached to an aromatic ring is 1. The molecule has 0 amide bonds. The second-order valence-corrected chi connectivity index (χ2v) is 6.85. The Balaban J connectivity index is 1.72. The number of rotatable bonds is 5. The maximum absolute atomic E-state index is 12.9. The van der Waals surface area contributed by atoms with Crippen molar-refractivity contribution in [3.05, 3.63) is 40.9 Å². The van der Waals surface area contributed by atoms with Crippen LogP contribution in [-0.2, 0) is 5.75 Å². The van der Waals surface area contributed by atoms with Crippen molar-refractivity contribution in [2.45, 2.75) is 17.0 Å². The van der Waals surface area contributed by atoms with E-state index in [-0.39, 0.29) is 11.8 Å². The SMILES string of the molecule is Cc1nnc(SCc2nc(N)nc(Nc3ccc(F)cc3)n2)s1. The van der Waals surface area contributed by atoms with Crippen molar-refractivity contribution >= 4 is 40.7 Å². The van der Waals surface area contributed by atoms with E-state index in [0.717, 1.165) is 9.35 Å². The third-order valence-electron chi connectivity index (χ3n) is 2.63. The van der Waals surface area contributed by atoms with E-state index in [0.29, 0.717) is 23.2 Å². The van der Waals surface area contributed by atoms with Gasteiger partial charge in [-0.3, -0.25) is 0 Å². The minimum Gasteiger partial charge on any atom is -0.368 e. The van der Waals surface area contributed by atoms with Gasteiger partial charge in [0.1, 0.15) is 16.6 Å². The van der Waals surface area contributed by atoms with Gasteiger partial charge in [-0.1, -0.05) is 23.1 Å². The number of anilines is 3. The van der Waals surface area contributed by atoms with E-state index < -0.39 is 0 Å². The van der Waals surface area contributed by atoms with Gasteiger partial charge in [-0.2, -0.15) is 15.0 Å². The summed E-state index contributed by atoms with van der Waals surface area (Å²) < 4.78 is 13.8. The minimum atomic E-state index is -0.310. The van der Waals surface area contributed by atoms with Crippen molar-refractivity contribution in [2.24, 2.45) is 0 Å². The van der Waals surface area contributed by atoms with Crippen molar-refractivity contribution < 1.29 is 4.39 Å². The predicted molar refractivity (Wildman–Crippen MR) is 88.1 cm³/mol. The molecule has 0 aliphatic carbocycles. The summed E-state index contributed by atoms with van der Waals surface area (Å²) in [5, 5.41) is 11.9. The molecular weight excluding hydrogens is 337 g/mol. The van der Waals surface area contributed by atoms with E-state index in [1.807, 2.05) is 6.92 Å². The second kappa shape index (κ2) is 6.84. The first-order valence-electron chi connectivity index (χ1n) is 6.54. The van der Waals surface area contributed by atoms with Crippen molar-refractivity contribution in [3.8, 4) is 0 Å². The van der Waals surface area contributed by atoms with Gasteiger partial charge in [-0.05, 0) is 31.2 Å². The van der Waals surface area contributed by atoms with E-state index >= 15 is 0 Å². The third-order valence-corrected chi connectivity index (χ3v) is 4.60. The fourth-order valence-electron chi connectivity index (χ4n) is 1.68. The van der Waals surface area contributed by atoms with Gasteiger partial charge < -0.3 is 11.1 Å². The van der Waals surface area contributed by atoms with Crippen LogP contribution < -0.4 is 11.1 Å². The molecule has 0 aliphatic heterocycles. The highest BCUT2D eigenvalue weighted by molar-refractivity contribution is 8.00. The van der Waals surface area contributed by atoms with Gasteiger partial charge in [0.2, 0.25) is 11.9 Å². The fourth-order valence-corrected chi connectivity index (χ4v) is 3.35. The molecule has 7 nitrogen and oxygen atoms in total. The predicted octanol–water partition coefficient (Wildman–Crippen LogP) is 2.79. The standard InChI is InChI=1S/C13H12FN7S2/c1-7-20-21-13(23-7)22-6-10-17-11(15)19-12(18-10)16-9-4-2-8(14)3-5-9/h2-5H,6H2,1H3,(H3,15,16,17,18,19). The van der Waals surface area contributed by atoms with Crippen LogP contribution in [0.2, 0.25) is 0 Å². The molecule has 23 heavy (non-hydrogen) atoms. The molecule has 0 saturated carbocycles. The number of hydrogen-bond donors (Lipinski definition) is 2. The average Bonchev–Trinajstić information content (AvgIpc) is 2.93. The molecule has 10 heteroatoms. The van der Waals surface area contributed by atoms with Crippen LogP contribution in [-0.4, -0.2) is 25.1 Å². The minimum absolute atomic E-state index is 0.119. The molecule has 2 heterocycles. The maximum Gasteiger partial charge on any atom is 0.232 e. The second-order valence-electron chi connectivity index (χ2n) is 4.44. The van der Waals surface area contributed by atoms with Crippen LogP contribution in [0.25, 0.3) is 0 Å². The summed E-state index contributed by atoms with van der Waals surface area (Å²) in [5.74, 6) is 1.15. The van der Waals surface area contributed by atoms with Crippen LogP contribution in [0.1, 0.15) is 10.8 Å². The van der Waals surface area contributed by atoms with E-state index in [4.69, 9.17) is 5.73 Å². The van der Waals surface area contributed by atoms with Crippen molar-refractivity contribution in [1.82, 2.24) is 25.1 Å². The Bertz CT molecular complexity index is 806. The zero-order valence-corrected chi connectivity index (χ0v) is 13.7. The molecule has 118 valence electrons. The molecule has 3 aromatic rings. The molecule has 0 spiro atoms. The van der Waals surface area contributed by atoms with Crippen LogP contribution >= 0.6 is 23.1 Å². The highest BCUT2D eigenvalue weighted by atomic mass is 32.2. The van der Waals surface area contributed by atoms with Crippen molar-refractivity contribution in [3.63, 3.8) is 0 Å². The molecule has 0 radical (unpaired) electrons. The number of aryl methyl sites for hydroxylation is 1. The summed E-state index contributed by atoms with van der Waals surface area (Å²) in [6.07, 6.45) is 0. The zero-order chi connectivity index (χ0) is 16.2. The van der Waals surface area contributed by atoms with Gasteiger partial charge in [0.15, 0.2) is 4.34 Å². The molecule has 3 rings (SSSR count). The maximum atomic E-state index is 12.9. The van der Waals surface area contributed by atoms with Crippen LogP contribution in [0.4, 0.5) is 22.0 Å². The van der Waals surface area contributed by atoms with Gasteiger partial charge in [-0.25, -0.2) is 4.39 Å². The number of nitrogens with zero attached hydrogens (tertiary/aromatic N) is 5. The number of aromatic nitrogens is 5. The molecule has 0 saturated heterocycles. The molecule has 0 bridgehead atoms. The highest BCUT2D eigenvalue weighted by Gasteiger charge is 2.08. The van der Waals surface area contributed by atoms with Crippen LogP contribution in [0.15, 0.2) is 28.6 Å². The molecular formula is C13H12FN7S2. The summed E-state index contributed by atoms with van der Waals surface area (Å²) in [5.41, 5.74) is 6.38. The Morgan fingerprint density at radius 2 is 1.96 bits per heavy atom.